The van der Waals surface area contributed by atoms with E-state index in [1.54, 1.807) is 13.0 Å². The summed E-state index contributed by atoms with van der Waals surface area (Å²) in [5.74, 6) is -0.562. The van der Waals surface area contributed by atoms with Crippen LogP contribution in [0.3, 0.4) is 0 Å². The zero-order valence-electron chi connectivity index (χ0n) is 5.87. The molecule has 0 rings (SSSR count). The second-order valence-electron chi connectivity index (χ2n) is 1.57. The Morgan fingerprint density at radius 3 is 2.60 bits per heavy atom. The molecule has 0 fully saturated rings. The summed E-state index contributed by atoms with van der Waals surface area (Å²) in [7, 11) is 0. The van der Waals surface area contributed by atoms with Crippen molar-refractivity contribution in [3.63, 3.8) is 0 Å². The van der Waals surface area contributed by atoms with Gasteiger partial charge < -0.3 is 5.73 Å². The summed E-state index contributed by atoms with van der Waals surface area (Å²) in [6.07, 6.45) is 4.51. The van der Waals surface area contributed by atoms with Crippen LogP contribution in [-0.2, 0) is 4.79 Å². The molecule has 0 saturated heterocycles. The first-order valence-corrected chi connectivity index (χ1v) is 2.83. The quantitative estimate of drug-likeness (QED) is 0.571. The van der Waals surface area contributed by atoms with Crippen LogP contribution in [0, 0.1) is 0 Å². The molecule has 0 saturated carbocycles. The predicted octanol–water partition coefficient (Wildman–Crippen LogP) is 0.632. The van der Waals surface area contributed by atoms with Gasteiger partial charge in [0.15, 0.2) is 0 Å². The van der Waals surface area contributed by atoms with E-state index in [9.17, 15) is 4.79 Å². The molecule has 0 bridgehead atoms. The lowest BCUT2D eigenvalue weighted by Crippen LogP contribution is -2.20. The Kier molecular flexibility index (Phi) is 3.87. The summed E-state index contributed by atoms with van der Waals surface area (Å²) >= 11 is 0. The van der Waals surface area contributed by atoms with Crippen LogP contribution in [0.25, 0.3) is 0 Å². The topological polar surface area (TPSA) is 55.4 Å². The maximum atomic E-state index is 10.4. The van der Waals surface area contributed by atoms with Gasteiger partial charge in [-0.25, -0.2) is 0 Å². The number of nitrogens with zero attached hydrogens (tertiary/aromatic N) is 1. The molecule has 0 unspecified atom stereocenters. The van der Waals surface area contributed by atoms with Crippen LogP contribution < -0.4 is 5.73 Å². The first-order chi connectivity index (χ1) is 4.72. The fraction of sp³-hybridized carbons (Fsp3) is 0.143. The lowest BCUT2D eigenvalue weighted by molar-refractivity contribution is -0.111. The minimum atomic E-state index is -0.562. The SMILES string of the molecule is C=CC(=NC=CC)C(N)=O. The maximum absolute atomic E-state index is 10.4. The van der Waals surface area contributed by atoms with Crippen LogP contribution in [0.5, 0.6) is 0 Å². The van der Waals surface area contributed by atoms with Gasteiger partial charge in [0.2, 0.25) is 0 Å². The van der Waals surface area contributed by atoms with Gasteiger partial charge in [0.25, 0.3) is 5.91 Å². The van der Waals surface area contributed by atoms with Crippen LogP contribution in [0.2, 0.25) is 0 Å². The van der Waals surface area contributed by atoms with Crippen LogP contribution >= 0.6 is 0 Å². The molecule has 0 radical (unpaired) electrons. The Balaban J connectivity index is 4.33. The highest BCUT2D eigenvalue weighted by molar-refractivity contribution is 6.42. The molecule has 0 aliphatic rings. The molecule has 54 valence electrons. The van der Waals surface area contributed by atoms with Crippen molar-refractivity contribution in [3.8, 4) is 0 Å². The minimum Gasteiger partial charge on any atom is -0.364 e. The van der Waals surface area contributed by atoms with Gasteiger partial charge in [-0.3, -0.25) is 9.79 Å². The zero-order valence-corrected chi connectivity index (χ0v) is 5.87. The van der Waals surface area contributed by atoms with E-state index >= 15 is 0 Å². The summed E-state index contributed by atoms with van der Waals surface area (Å²) in [5.41, 5.74) is 5.09. The number of nitrogens with two attached hydrogens (primary N) is 1. The van der Waals surface area contributed by atoms with Crippen molar-refractivity contribution in [2.45, 2.75) is 6.92 Å². The number of amides is 1. The van der Waals surface area contributed by atoms with Gasteiger partial charge in [-0.05, 0) is 13.0 Å². The first kappa shape index (κ1) is 8.62. The van der Waals surface area contributed by atoms with E-state index in [2.05, 4.69) is 11.6 Å². The monoisotopic (exact) mass is 138 g/mol. The molecule has 1 amide bonds. The van der Waals surface area contributed by atoms with Crippen molar-refractivity contribution in [1.82, 2.24) is 0 Å². The molecule has 0 atom stereocenters. The maximum Gasteiger partial charge on any atom is 0.267 e. The Labute approximate surface area is 59.9 Å². The standard InChI is InChI=1S/C7H10N2O/c1-3-5-9-6(4-2)7(8)10/h3-5H,2H2,1H3,(H2,8,10). The van der Waals surface area contributed by atoms with Gasteiger partial charge >= 0.3 is 0 Å². The lowest BCUT2D eigenvalue weighted by Gasteiger charge is -1.88. The van der Waals surface area contributed by atoms with E-state index in [-0.39, 0.29) is 5.71 Å². The Morgan fingerprint density at radius 1 is 1.70 bits per heavy atom. The Bertz CT molecular complexity index is 192. The molecule has 0 aromatic heterocycles. The second kappa shape index (κ2) is 4.49. The van der Waals surface area contributed by atoms with E-state index in [1.807, 2.05) is 0 Å². The summed E-state index contributed by atoms with van der Waals surface area (Å²) in [4.78, 5) is 14.1. The predicted molar refractivity (Wildman–Crippen MR) is 41.6 cm³/mol. The van der Waals surface area contributed by atoms with Gasteiger partial charge in [-0.1, -0.05) is 12.7 Å². The van der Waals surface area contributed by atoms with Crippen LogP contribution in [0.1, 0.15) is 6.92 Å². The summed E-state index contributed by atoms with van der Waals surface area (Å²) in [6.45, 7) is 5.17. The number of rotatable bonds is 3. The van der Waals surface area contributed by atoms with Crippen LogP contribution in [0.15, 0.2) is 29.9 Å². The molecular weight excluding hydrogens is 128 g/mol. The average Bonchev–Trinajstić information content (AvgIpc) is 1.89. The smallest absolute Gasteiger partial charge is 0.267 e. The van der Waals surface area contributed by atoms with Crippen molar-refractivity contribution in [3.05, 3.63) is 24.9 Å². The molecule has 10 heavy (non-hydrogen) atoms. The summed E-state index contributed by atoms with van der Waals surface area (Å²) in [5, 5.41) is 0. The third-order valence-electron chi connectivity index (χ3n) is 0.808. The highest BCUT2D eigenvalue weighted by atomic mass is 16.1. The number of aliphatic imine (C=N–C) groups is 1. The molecule has 2 N–H and O–H groups in total. The molecule has 0 spiro atoms. The Hall–Kier alpha value is -1.38. The molecule has 0 heterocycles. The average molecular weight is 138 g/mol. The van der Waals surface area contributed by atoms with E-state index in [4.69, 9.17) is 5.73 Å². The van der Waals surface area contributed by atoms with Crippen molar-refractivity contribution in [1.29, 1.82) is 0 Å². The zero-order chi connectivity index (χ0) is 7.98. The number of primary amides is 1. The summed E-state index contributed by atoms with van der Waals surface area (Å²) < 4.78 is 0. The minimum absolute atomic E-state index is 0.179. The number of carbonyl (C=O) groups is 1. The molecule has 0 aromatic carbocycles. The lowest BCUT2D eigenvalue weighted by atomic mass is 10.3. The largest absolute Gasteiger partial charge is 0.364 e. The molecule has 3 heteroatoms. The highest BCUT2D eigenvalue weighted by Crippen LogP contribution is 1.81. The second-order valence-corrected chi connectivity index (χ2v) is 1.57. The van der Waals surface area contributed by atoms with Gasteiger partial charge in [0, 0.05) is 6.20 Å². The van der Waals surface area contributed by atoms with Gasteiger partial charge in [-0.2, -0.15) is 0 Å². The highest BCUT2D eigenvalue weighted by Gasteiger charge is 1.97. The third kappa shape index (κ3) is 2.81. The first-order valence-electron chi connectivity index (χ1n) is 2.83. The third-order valence-corrected chi connectivity index (χ3v) is 0.808. The molecule has 0 aliphatic carbocycles. The Morgan fingerprint density at radius 2 is 2.30 bits per heavy atom. The van der Waals surface area contributed by atoms with E-state index in [0.29, 0.717) is 0 Å². The molecule has 0 aliphatic heterocycles. The fourth-order valence-corrected chi connectivity index (χ4v) is 0.372. The van der Waals surface area contributed by atoms with Crippen molar-refractivity contribution >= 4 is 11.6 Å². The van der Waals surface area contributed by atoms with Gasteiger partial charge in [0.1, 0.15) is 5.71 Å². The van der Waals surface area contributed by atoms with Crippen molar-refractivity contribution < 1.29 is 4.79 Å². The van der Waals surface area contributed by atoms with E-state index in [1.165, 1.54) is 12.3 Å². The number of hydrogen-bond acceptors (Lipinski definition) is 2. The molecule has 3 nitrogen and oxygen atoms in total. The van der Waals surface area contributed by atoms with E-state index in [0.717, 1.165) is 0 Å². The number of carbonyl (C=O) groups excluding carboxylic acids is 1. The molecular formula is C7H10N2O. The van der Waals surface area contributed by atoms with Crippen LogP contribution in [-0.4, -0.2) is 11.6 Å². The van der Waals surface area contributed by atoms with Gasteiger partial charge in [-0.15, -0.1) is 0 Å². The van der Waals surface area contributed by atoms with E-state index < -0.39 is 5.91 Å². The number of allylic oxidation sites excluding steroid dienone is 1. The van der Waals surface area contributed by atoms with Crippen LogP contribution in [0.4, 0.5) is 0 Å². The summed E-state index contributed by atoms with van der Waals surface area (Å²) in [6, 6.07) is 0. The van der Waals surface area contributed by atoms with Crippen molar-refractivity contribution in [2.24, 2.45) is 10.7 Å². The molecule has 0 aromatic rings. The van der Waals surface area contributed by atoms with Crippen molar-refractivity contribution in [2.75, 3.05) is 0 Å². The van der Waals surface area contributed by atoms with Gasteiger partial charge in [0.05, 0.1) is 0 Å². The normalized spacial score (nSPS) is 11.9. The fourth-order valence-electron chi connectivity index (χ4n) is 0.372. The number of hydrogen-bond donors (Lipinski definition) is 1.